The normalized spacial score (nSPS) is 17.8. The fourth-order valence-electron chi connectivity index (χ4n) is 3.07. The maximum Gasteiger partial charge on any atom is 0.159 e. The van der Waals surface area contributed by atoms with Gasteiger partial charge in [0, 0.05) is 23.7 Å². The highest BCUT2D eigenvalue weighted by molar-refractivity contribution is 6.31. The van der Waals surface area contributed by atoms with Crippen molar-refractivity contribution in [3.05, 3.63) is 40.9 Å². The van der Waals surface area contributed by atoms with E-state index in [4.69, 9.17) is 16.6 Å². The molecule has 0 saturated carbocycles. The summed E-state index contributed by atoms with van der Waals surface area (Å²) >= 11 is 6.22. The van der Waals surface area contributed by atoms with Crippen LogP contribution in [0, 0.1) is 0 Å². The molecule has 5 nitrogen and oxygen atoms in total. The van der Waals surface area contributed by atoms with Gasteiger partial charge in [-0.25, -0.2) is 0 Å². The van der Waals surface area contributed by atoms with E-state index in [2.05, 4.69) is 15.1 Å². The second-order valence-corrected chi connectivity index (χ2v) is 5.90. The minimum Gasteiger partial charge on any atom is -0.356 e. The molecule has 0 amide bonds. The molecule has 2 aliphatic heterocycles. The SMILES string of the molecule is Clc1ccc2c(c1)C(N1CCCCC1)=NCc1nncn1-2. The van der Waals surface area contributed by atoms with Crippen LogP contribution in [0.15, 0.2) is 29.5 Å². The van der Waals surface area contributed by atoms with Crippen LogP contribution in [0.2, 0.25) is 5.02 Å². The molecule has 1 fully saturated rings. The molecule has 0 N–H and O–H groups in total. The van der Waals surface area contributed by atoms with Gasteiger partial charge in [-0.15, -0.1) is 10.2 Å². The fourth-order valence-corrected chi connectivity index (χ4v) is 3.24. The van der Waals surface area contributed by atoms with Crippen LogP contribution in [0.25, 0.3) is 5.69 Å². The standard InChI is InChI=1S/C15H16ClN5/c16-11-4-5-13-12(8-11)15(20-6-2-1-3-7-20)17-9-14-19-18-10-21(13)14/h4-5,8,10H,1-3,6-7,9H2. The summed E-state index contributed by atoms with van der Waals surface area (Å²) in [6.45, 7) is 2.68. The number of nitrogens with zero attached hydrogens (tertiary/aromatic N) is 5. The van der Waals surface area contributed by atoms with Crippen LogP contribution in [0.1, 0.15) is 30.7 Å². The highest BCUT2D eigenvalue weighted by atomic mass is 35.5. The van der Waals surface area contributed by atoms with Gasteiger partial charge in [0.05, 0.1) is 5.69 Å². The molecule has 0 aliphatic carbocycles. The van der Waals surface area contributed by atoms with Crippen molar-refractivity contribution in [1.29, 1.82) is 0 Å². The molecule has 1 aromatic carbocycles. The Morgan fingerprint density at radius 2 is 1.95 bits per heavy atom. The number of hydrogen-bond acceptors (Lipinski definition) is 4. The van der Waals surface area contributed by atoms with Gasteiger partial charge in [0.25, 0.3) is 0 Å². The van der Waals surface area contributed by atoms with Crippen LogP contribution in [-0.2, 0) is 6.54 Å². The quantitative estimate of drug-likeness (QED) is 0.751. The Hall–Kier alpha value is -1.88. The minimum absolute atomic E-state index is 0.554. The molecule has 1 aromatic heterocycles. The van der Waals surface area contributed by atoms with E-state index in [1.807, 2.05) is 22.8 Å². The first kappa shape index (κ1) is 12.8. The molecule has 2 aromatic rings. The van der Waals surface area contributed by atoms with Gasteiger partial charge >= 0.3 is 0 Å². The van der Waals surface area contributed by atoms with E-state index in [9.17, 15) is 0 Å². The van der Waals surface area contributed by atoms with Crippen molar-refractivity contribution in [3.8, 4) is 5.69 Å². The maximum atomic E-state index is 6.22. The first-order valence-corrected chi connectivity index (χ1v) is 7.69. The number of halogens is 1. The number of aromatic nitrogens is 3. The minimum atomic E-state index is 0.554. The van der Waals surface area contributed by atoms with Crippen LogP contribution >= 0.6 is 11.6 Å². The molecule has 3 heterocycles. The summed E-state index contributed by atoms with van der Waals surface area (Å²) in [7, 11) is 0. The smallest absolute Gasteiger partial charge is 0.159 e. The van der Waals surface area contributed by atoms with Crippen molar-refractivity contribution in [2.75, 3.05) is 13.1 Å². The van der Waals surface area contributed by atoms with Crippen molar-refractivity contribution >= 4 is 17.4 Å². The molecule has 0 atom stereocenters. The average Bonchev–Trinajstić information content (AvgIpc) is 2.92. The Morgan fingerprint density at radius 1 is 1.10 bits per heavy atom. The molecule has 108 valence electrons. The highest BCUT2D eigenvalue weighted by Crippen LogP contribution is 2.26. The lowest BCUT2D eigenvalue weighted by atomic mass is 10.1. The molecular weight excluding hydrogens is 286 g/mol. The third-order valence-electron chi connectivity index (χ3n) is 4.10. The Morgan fingerprint density at radius 3 is 2.81 bits per heavy atom. The molecule has 2 aliphatic rings. The average molecular weight is 302 g/mol. The van der Waals surface area contributed by atoms with Crippen molar-refractivity contribution < 1.29 is 0 Å². The molecule has 6 heteroatoms. The Balaban J connectivity index is 1.86. The van der Waals surface area contributed by atoms with Crippen molar-refractivity contribution in [1.82, 2.24) is 19.7 Å². The molecule has 0 spiro atoms. The second-order valence-electron chi connectivity index (χ2n) is 5.47. The zero-order valence-corrected chi connectivity index (χ0v) is 12.4. The van der Waals surface area contributed by atoms with E-state index in [0.717, 1.165) is 41.0 Å². The molecule has 1 saturated heterocycles. The lowest BCUT2D eigenvalue weighted by Gasteiger charge is -2.30. The van der Waals surface area contributed by atoms with Crippen LogP contribution in [0.4, 0.5) is 0 Å². The summed E-state index contributed by atoms with van der Waals surface area (Å²) < 4.78 is 2.01. The monoisotopic (exact) mass is 301 g/mol. The molecule has 4 rings (SSSR count). The first-order chi connectivity index (χ1) is 10.3. The predicted octanol–water partition coefficient (Wildman–Crippen LogP) is 2.67. The fraction of sp³-hybridized carbons (Fsp3) is 0.400. The maximum absolute atomic E-state index is 6.22. The van der Waals surface area contributed by atoms with E-state index >= 15 is 0 Å². The number of likely N-dealkylation sites (tertiary alicyclic amines) is 1. The van der Waals surface area contributed by atoms with Gasteiger partial charge in [-0.05, 0) is 37.5 Å². The van der Waals surface area contributed by atoms with Gasteiger partial charge in [-0.3, -0.25) is 9.56 Å². The molecule has 21 heavy (non-hydrogen) atoms. The van der Waals surface area contributed by atoms with E-state index in [1.54, 1.807) is 6.33 Å². The van der Waals surface area contributed by atoms with Crippen LogP contribution in [-0.4, -0.2) is 38.6 Å². The molecule has 0 radical (unpaired) electrons. The van der Waals surface area contributed by atoms with E-state index in [0.29, 0.717) is 6.54 Å². The summed E-state index contributed by atoms with van der Waals surface area (Å²) in [5.41, 5.74) is 2.13. The number of piperidine rings is 1. The van der Waals surface area contributed by atoms with Gasteiger partial charge in [-0.1, -0.05) is 11.6 Å². The van der Waals surface area contributed by atoms with E-state index in [-0.39, 0.29) is 0 Å². The number of hydrogen-bond donors (Lipinski definition) is 0. The zero-order valence-electron chi connectivity index (χ0n) is 11.7. The van der Waals surface area contributed by atoms with Gasteiger partial charge in [-0.2, -0.15) is 0 Å². The Labute approximate surface area is 128 Å². The summed E-state index contributed by atoms with van der Waals surface area (Å²) in [5, 5.41) is 8.90. The first-order valence-electron chi connectivity index (χ1n) is 7.31. The lowest BCUT2D eigenvalue weighted by Crippen LogP contribution is -2.36. The predicted molar refractivity (Wildman–Crippen MR) is 82.0 cm³/mol. The van der Waals surface area contributed by atoms with Crippen LogP contribution < -0.4 is 0 Å². The molecule has 0 bridgehead atoms. The third kappa shape index (κ3) is 2.21. The highest BCUT2D eigenvalue weighted by Gasteiger charge is 2.23. The second kappa shape index (κ2) is 5.15. The third-order valence-corrected chi connectivity index (χ3v) is 4.34. The zero-order chi connectivity index (χ0) is 14.2. The number of rotatable bonds is 0. The summed E-state index contributed by atoms with van der Waals surface area (Å²) in [5.74, 6) is 1.91. The largest absolute Gasteiger partial charge is 0.356 e. The summed E-state index contributed by atoms with van der Waals surface area (Å²) in [6.07, 6.45) is 5.50. The molecule has 0 unspecified atom stereocenters. The van der Waals surface area contributed by atoms with Gasteiger partial charge in [0.1, 0.15) is 18.7 Å². The van der Waals surface area contributed by atoms with Crippen LogP contribution in [0.3, 0.4) is 0 Å². The van der Waals surface area contributed by atoms with Crippen molar-refractivity contribution in [2.24, 2.45) is 4.99 Å². The van der Waals surface area contributed by atoms with Crippen molar-refractivity contribution in [2.45, 2.75) is 25.8 Å². The Kier molecular flexibility index (Phi) is 3.15. The summed E-state index contributed by atoms with van der Waals surface area (Å²) in [4.78, 5) is 7.18. The van der Waals surface area contributed by atoms with Gasteiger partial charge < -0.3 is 4.90 Å². The van der Waals surface area contributed by atoms with Crippen LogP contribution in [0.5, 0.6) is 0 Å². The van der Waals surface area contributed by atoms with Crippen molar-refractivity contribution in [3.63, 3.8) is 0 Å². The topological polar surface area (TPSA) is 46.3 Å². The van der Waals surface area contributed by atoms with E-state index < -0.39 is 0 Å². The number of fused-ring (bicyclic) bond motifs is 3. The molecular formula is C15H16ClN5. The van der Waals surface area contributed by atoms with E-state index in [1.165, 1.54) is 19.3 Å². The number of aliphatic imine (C=N–C) groups is 1. The number of amidine groups is 1. The van der Waals surface area contributed by atoms with Gasteiger partial charge in [0.2, 0.25) is 0 Å². The van der Waals surface area contributed by atoms with Gasteiger partial charge in [0.15, 0.2) is 5.82 Å². The lowest BCUT2D eigenvalue weighted by molar-refractivity contribution is 0.342. The summed E-state index contributed by atoms with van der Waals surface area (Å²) in [6, 6.07) is 5.93. The Bertz CT molecular complexity index is 700. The number of benzene rings is 1.